The highest BCUT2D eigenvalue weighted by Crippen LogP contribution is 2.39. The van der Waals surface area contributed by atoms with E-state index in [-0.39, 0.29) is 5.56 Å². The molecule has 50 nitrogen and oxygen atoms in total. The maximum Gasteiger partial charge on any atom is 0.397 e. The lowest BCUT2D eigenvalue weighted by Crippen LogP contribution is -2.71. The number of aliphatic hydroxyl groups excluding tert-OH is 6. The molecule has 57 heteroatoms. The molecule has 0 spiro atoms. The summed E-state index contributed by atoms with van der Waals surface area (Å²) in [5.74, 6) is -5.85. The number of carboxylic acids is 2. The maximum atomic E-state index is 13.3. The molecule has 0 bridgehead atoms. The van der Waals surface area contributed by atoms with Crippen LogP contribution in [0.1, 0.15) is 10.4 Å². The van der Waals surface area contributed by atoms with Crippen LogP contribution in [0.2, 0.25) is 0 Å². The number of nitrogens with one attached hydrogen (secondary N) is 3. The summed E-state index contributed by atoms with van der Waals surface area (Å²) in [4.78, 5) is 39.3. The van der Waals surface area contributed by atoms with Crippen LogP contribution >= 0.6 is 0 Å². The molecule has 6 rings (SSSR count). The fraction of sp³-hybridized carbons (Fsp3) is 0.763. The van der Waals surface area contributed by atoms with E-state index < -0.39 is 264 Å². The number of benzene rings is 1. The average molecular weight is 1530 g/mol. The monoisotopic (exact) mass is 1530 g/mol. The molecule has 0 aromatic heterocycles. The summed E-state index contributed by atoms with van der Waals surface area (Å²) in [7, 11) is -40.1. The summed E-state index contributed by atoms with van der Waals surface area (Å²) in [6.07, 6.45) is -62.1. The Balaban J connectivity index is 1.40. The number of methoxy groups -OCH3 is 1. The quantitative estimate of drug-likeness (QED) is 0.0318. The SMILES string of the molecule is CO[C@H]1O[C@H](COS(=O)(=O)O)[C@@H](O[C@@H]2O[C@@H](C(=O)O)[C@@H](O[C@H]3O[C@H](COS(=O)(=O)O)[C@@H](O[C@@H]4O[C@H](C(=O)O)[C@@H](O[C@H]5O[C@H](COS(=O)(=O)O)[C@@H](O)[C@H](O)[C@H]5NS(=O)(=O)O)[C@H](O)[C@H]4O)[C@H](OS(=O)(=O)O)[C@H]3NS(=O)(=O)O)[C@H](O)[C@H]2OS(=O)(=O)O)[C@H](O)[C@H]1NC(=O)c1ccccc1. The molecular formula is C38H57N3O47S7. The first-order chi connectivity index (χ1) is 43.4. The topological polar surface area (TPSA) is 768 Å². The van der Waals surface area contributed by atoms with Crippen molar-refractivity contribution in [3.63, 3.8) is 0 Å². The van der Waals surface area contributed by atoms with Crippen molar-refractivity contribution in [1.82, 2.24) is 14.8 Å². The molecule has 0 unspecified atom stereocenters. The molecule has 0 radical (unpaired) electrons. The van der Waals surface area contributed by atoms with Gasteiger partial charge in [0.1, 0.15) is 104 Å². The van der Waals surface area contributed by atoms with Crippen LogP contribution in [0.15, 0.2) is 30.3 Å². The predicted molar refractivity (Wildman–Crippen MR) is 281 cm³/mol. The van der Waals surface area contributed by atoms with Crippen molar-refractivity contribution >= 4 is 90.4 Å². The van der Waals surface area contributed by atoms with Crippen molar-refractivity contribution < 1.29 is 214 Å². The molecule has 18 N–H and O–H groups in total. The average Bonchev–Trinajstić information content (AvgIpc) is 0.764. The van der Waals surface area contributed by atoms with Gasteiger partial charge in [0.15, 0.2) is 49.8 Å². The number of ether oxygens (including phenoxy) is 10. The minimum Gasteiger partial charge on any atom is -0.479 e. The number of hydrogen-bond donors (Lipinski definition) is 18. The van der Waals surface area contributed by atoms with Crippen LogP contribution in [0.25, 0.3) is 0 Å². The minimum atomic E-state index is -6.34. The summed E-state index contributed by atoms with van der Waals surface area (Å²) in [5, 5.41) is 91.0. The van der Waals surface area contributed by atoms with E-state index >= 15 is 0 Å². The van der Waals surface area contributed by atoms with Gasteiger partial charge in [-0.2, -0.15) is 68.4 Å². The van der Waals surface area contributed by atoms with E-state index in [4.69, 9.17) is 51.9 Å². The standard InChI is InChI=1S/C38H57N3O47S7/c1-74-34-14(39-31(48)10-5-3-2-4-6-10)19(44)23(12(79-34)8-76-92(62,63)64)81-38-28(88-95(71,72)73)22(47)27(30(86-38)33(51)52)84-36-16(41-90(56,57)58)25(87-94(68,69)70)24(13(80-36)9-77-93(65,66)67)82-37-21(46)20(45)26(29(85-37)32(49)50)83-35-15(40-89(53,54)55)18(43)17(42)11(78-35)7-75-91(59,60)61/h2-6,11-30,34-38,40-47H,7-9H2,1H3,(H,39,48)(H,49,50)(H,51,52)(H,53,54,55)(H,56,57,58)(H,59,60,61)(H,62,63,64)(H,65,66,67)(H,68,69,70)(H,71,72,73)/t11-,12-,13-,14-,15-,16-,17-,18-,19-,20-,21-,22+,23-,24-,25-,26+,27+,28-,29+,30-,34+,35-,36-,37-,38-/m1/s1. The molecule has 0 saturated carbocycles. The maximum absolute atomic E-state index is 13.3. The van der Waals surface area contributed by atoms with Gasteiger partial charge in [-0.25, -0.2) is 30.5 Å². The van der Waals surface area contributed by atoms with E-state index in [1.54, 1.807) is 0 Å². The zero-order chi connectivity index (χ0) is 71.6. The van der Waals surface area contributed by atoms with Gasteiger partial charge >= 0.3 is 84.5 Å². The first-order valence-electron chi connectivity index (χ1n) is 25.4. The molecule has 5 aliphatic rings. The molecule has 1 aromatic carbocycles. The molecule has 0 aliphatic carbocycles. The summed E-state index contributed by atoms with van der Waals surface area (Å²) in [5.41, 5.74) is -0.109. The minimum absolute atomic E-state index is 0.109. The second-order valence-corrected chi connectivity index (χ2v) is 27.7. The number of carbonyl (C=O) groups excluding carboxylic acids is 1. The highest BCUT2D eigenvalue weighted by molar-refractivity contribution is 7.84. The van der Waals surface area contributed by atoms with Gasteiger partial charge in [0.2, 0.25) is 0 Å². The Morgan fingerprint density at radius 2 is 0.821 bits per heavy atom. The molecule has 1 aromatic rings. The molecule has 5 aliphatic heterocycles. The zero-order valence-corrected chi connectivity index (χ0v) is 52.3. The van der Waals surface area contributed by atoms with E-state index in [9.17, 15) is 141 Å². The van der Waals surface area contributed by atoms with Crippen molar-refractivity contribution in [2.45, 2.75) is 153 Å². The Labute approximate surface area is 533 Å². The third-order valence-corrected chi connectivity index (χ3v) is 16.9. The van der Waals surface area contributed by atoms with Crippen molar-refractivity contribution in [2.24, 2.45) is 0 Å². The highest BCUT2D eigenvalue weighted by Gasteiger charge is 2.61. The first kappa shape index (κ1) is 80.1. The van der Waals surface area contributed by atoms with Crippen LogP contribution in [0.3, 0.4) is 0 Å². The molecule has 5 heterocycles. The number of amides is 1. The Bertz CT molecular complexity index is 3670. The van der Waals surface area contributed by atoms with E-state index in [2.05, 4.69) is 26.2 Å². The van der Waals surface area contributed by atoms with Crippen LogP contribution < -0.4 is 14.8 Å². The van der Waals surface area contributed by atoms with E-state index in [0.29, 0.717) is 0 Å². The highest BCUT2D eigenvalue weighted by atomic mass is 32.3. The van der Waals surface area contributed by atoms with Crippen molar-refractivity contribution in [3.05, 3.63) is 35.9 Å². The van der Waals surface area contributed by atoms with Crippen molar-refractivity contribution in [2.75, 3.05) is 26.9 Å². The number of carbonyl (C=O) groups is 3. The smallest absolute Gasteiger partial charge is 0.397 e. The van der Waals surface area contributed by atoms with Gasteiger partial charge in [-0.1, -0.05) is 18.2 Å². The largest absolute Gasteiger partial charge is 0.479 e. The van der Waals surface area contributed by atoms with Gasteiger partial charge in [0.05, 0.1) is 19.8 Å². The number of carboxylic acid groups (broad SMARTS) is 2. The van der Waals surface area contributed by atoms with Gasteiger partial charge in [0, 0.05) is 12.7 Å². The summed E-state index contributed by atoms with van der Waals surface area (Å²) in [6, 6.07) is -0.932. The number of aliphatic carboxylic acids is 2. The van der Waals surface area contributed by atoms with Crippen LogP contribution in [-0.2, 0) is 150 Å². The lowest BCUT2D eigenvalue weighted by Gasteiger charge is -2.50. The second kappa shape index (κ2) is 31.3. The van der Waals surface area contributed by atoms with Crippen LogP contribution in [0.5, 0.6) is 0 Å². The second-order valence-electron chi connectivity index (χ2n) is 20.0. The number of hydrogen-bond acceptors (Lipinski definition) is 38. The van der Waals surface area contributed by atoms with Crippen LogP contribution in [0, 0.1) is 0 Å². The van der Waals surface area contributed by atoms with Gasteiger partial charge < -0.3 is 93.5 Å². The molecule has 25 atom stereocenters. The molecule has 5 saturated heterocycles. The Hall–Kier alpha value is -3.92. The van der Waals surface area contributed by atoms with E-state index in [1.165, 1.54) is 35.1 Å². The summed E-state index contributed by atoms with van der Waals surface area (Å²) in [6.45, 7) is -4.91. The molecule has 95 heavy (non-hydrogen) atoms. The zero-order valence-electron chi connectivity index (χ0n) is 46.6. The Morgan fingerprint density at radius 1 is 0.411 bits per heavy atom. The van der Waals surface area contributed by atoms with Crippen LogP contribution in [-0.4, -0.2) is 330 Å². The van der Waals surface area contributed by atoms with Crippen LogP contribution in [0.4, 0.5) is 0 Å². The third kappa shape index (κ3) is 22.5. The summed E-state index contributed by atoms with van der Waals surface area (Å²) >= 11 is 0. The summed E-state index contributed by atoms with van der Waals surface area (Å²) < 4.78 is 315. The molecule has 5 fully saturated rings. The fourth-order valence-corrected chi connectivity index (χ4v) is 12.8. The van der Waals surface area contributed by atoms with Gasteiger partial charge in [-0.05, 0) is 12.1 Å². The van der Waals surface area contributed by atoms with Gasteiger partial charge in [0.25, 0.3) is 5.91 Å². The fourth-order valence-electron chi connectivity index (χ4n) is 9.66. The van der Waals surface area contributed by atoms with E-state index in [1.807, 2.05) is 0 Å². The Kier molecular flexibility index (Phi) is 26.4. The van der Waals surface area contributed by atoms with Gasteiger partial charge in [-0.15, -0.1) is 0 Å². The van der Waals surface area contributed by atoms with Crippen molar-refractivity contribution in [3.8, 4) is 0 Å². The Morgan fingerprint density at radius 3 is 1.29 bits per heavy atom. The first-order valence-corrected chi connectivity index (χ1v) is 35.1. The predicted octanol–water partition coefficient (Wildman–Crippen LogP) is -11.7. The molecular weight excluding hydrogens is 1470 g/mol. The van der Waals surface area contributed by atoms with Gasteiger partial charge in [-0.3, -0.25) is 36.7 Å². The lowest BCUT2D eigenvalue weighted by molar-refractivity contribution is -0.373. The number of rotatable bonds is 30. The van der Waals surface area contributed by atoms with Crippen molar-refractivity contribution in [1.29, 1.82) is 0 Å². The normalized spacial score (nSPS) is 37.2. The third-order valence-electron chi connectivity index (χ3n) is 13.5. The number of aliphatic hydroxyl groups is 6. The molecule has 548 valence electrons. The molecule has 1 amide bonds. The lowest BCUT2D eigenvalue weighted by atomic mass is 9.94. The van der Waals surface area contributed by atoms with E-state index in [0.717, 1.165) is 11.8 Å².